The number of hydrogen-bond donors (Lipinski definition) is 1. The summed E-state index contributed by atoms with van der Waals surface area (Å²) in [6.45, 7) is -0.335. The van der Waals surface area contributed by atoms with E-state index in [1.165, 1.54) is 11.1 Å². The lowest BCUT2D eigenvalue weighted by molar-refractivity contribution is -0.119. The molecule has 0 aromatic heterocycles. The van der Waals surface area contributed by atoms with Crippen LogP contribution in [0.15, 0.2) is 72.8 Å². The number of rotatable bonds is 6. The SMILES string of the molecule is O=C(COC(=O)c1ccc(Oc2ccccc2)cc1)Nc1ccc2c(c1)CCC2. The molecule has 0 atom stereocenters. The summed E-state index contributed by atoms with van der Waals surface area (Å²) >= 11 is 0. The molecular weight excluding hydrogens is 366 g/mol. The Labute approximate surface area is 169 Å². The molecule has 146 valence electrons. The first-order chi connectivity index (χ1) is 14.2. The zero-order valence-electron chi connectivity index (χ0n) is 15.9. The second-order valence-corrected chi connectivity index (χ2v) is 6.90. The van der Waals surface area contributed by atoms with E-state index in [4.69, 9.17) is 9.47 Å². The summed E-state index contributed by atoms with van der Waals surface area (Å²) in [6.07, 6.45) is 3.29. The number of ether oxygens (including phenoxy) is 2. The van der Waals surface area contributed by atoms with Gasteiger partial charge in [0.15, 0.2) is 6.61 Å². The van der Waals surface area contributed by atoms with Crippen molar-refractivity contribution in [2.24, 2.45) is 0 Å². The molecule has 5 heteroatoms. The smallest absolute Gasteiger partial charge is 0.338 e. The molecule has 3 aromatic rings. The van der Waals surface area contributed by atoms with Crippen LogP contribution >= 0.6 is 0 Å². The first kappa shape index (κ1) is 18.7. The van der Waals surface area contributed by atoms with Gasteiger partial charge < -0.3 is 14.8 Å². The number of amides is 1. The largest absolute Gasteiger partial charge is 0.457 e. The third-order valence-electron chi connectivity index (χ3n) is 4.79. The van der Waals surface area contributed by atoms with Crippen molar-refractivity contribution < 1.29 is 19.1 Å². The molecule has 0 heterocycles. The van der Waals surface area contributed by atoms with Gasteiger partial charge >= 0.3 is 5.97 Å². The predicted molar refractivity (Wildman–Crippen MR) is 110 cm³/mol. The summed E-state index contributed by atoms with van der Waals surface area (Å²) < 4.78 is 10.8. The van der Waals surface area contributed by atoms with Crippen LogP contribution in [-0.4, -0.2) is 18.5 Å². The minimum atomic E-state index is -0.555. The van der Waals surface area contributed by atoms with Crippen LogP contribution in [0.1, 0.15) is 27.9 Å². The van der Waals surface area contributed by atoms with Crippen LogP contribution in [0.2, 0.25) is 0 Å². The van der Waals surface area contributed by atoms with Crippen LogP contribution in [0, 0.1) is 0 Å². The van der Waals surface area contributed by atoms with Crippen molar-refractivity contribution in [1.82, 2.24) is 0 Å². The van der Waals surface area contributed by atoms with Gasteiger partial charge in [-0.25, -0.2) is 4.79 Å². The van der Waals surface area contributed by atoms with Crippen LogP contribution in [0.3, 0.4) is 0 Å². The lowest BCUT2D eigenvalue weighted by atomic mass is 10.1. The number of esters is 1. The Balaban J connectivity index is 1.28. The number of para-hydroxylation sites is 1. The van der Waals surface area contributed by atoms with E-state index in [2.05, 4.69) is 5.32 Å². The maximum Gasteiger partial charge on any atom is 0.338 e. The third-order valence-corrected chi connectivity index (χ3v) is 4.79. The molecule has 1 N–H and O–H groups in total. The number of anilines is 1. The first-order valence-corrected chi connectivity index (χ1v) is 9.59. The number of aryl methyl sites for hydroxylation is 2. The highest BCUT2D eigenvalue weighted by molar-refractivity contribution is 5.95. The fourth-order valence-electron chi connectivity index (χ4n) is 3.34. The molecular formula is C24H21NO4. The van der Waals surface area contributed by atoms with E-state index in [-0.39, 0.29) is 12.5 Å². The topological polar surface area (TPSA) is 64.6 Å². The molecule has 1 aliphatic rings. The van der Waals surface area contributed by atoms with E-state index in [0.29, 0.717) is 17.1 Å². The van der Waals surface area contributed by atoms with Gasteiger partial charge in [0.05, 0.1) is 5.56 Å². The molecule has 29 heavy (non-hydrogen) atoms. The number of hydrogen-bond acceptors (Lipinski definition) is 4. The molecule has 0 saturated carbocycles. The zero-order valence-corrected chi connectivity index (χ0v) is 15.9. The molecule has 4 rings (SSSR count). The molecule has 1 amide bonds. The Morgan fingerprint density at radius 1 is 0.828 bits per heavy atom. The third kappa shape index (κ3) is 4.82. The normalized spacial score (nSPS) is 12.1. The summed E-state index contributed by atoms with van der Waals surface area (Å²) in [4.78, 5) is 24.3. The number of nitrogens with one attached hydrogen (secondary N) is 1. The predicted octanol–water partition coefficient (Wildman–Crippen LogP) is 4.76. The lowest BCUT2D eigenvalue weighted by Crippen LogP contribution is -2.21. The van der Waals surface area contributed by atoms with E-state index in [0.717, 1.165) is 24.9 Å². The summed E-state index contributed by atoms with van der Waals surface area (Å²) in [5.41, 5.74) is 3.71. The Morgan fingerprint density at radius 3 is 2.34 bits per heavy atom. The molecule has 0 spiro atoms. The van der Waals surface area contributed by atoms with Gasteiger partial charge in [0, 0.05) is 5.69 Å². The van der Waals surface area contributed by atoms with Gasteiger partial charge in [-0.05, 0) is 78.9 Å². The number of benzene rings is 3. The van der Waals surface area contributed by atoms with Crippen molar-refractivity contribution in [3.8, 4) is 11.5 Å². The van der Waals surface area contributed by atoms with Crippen molar-refractivity contribution in [3.05, 3.63) is 89.5 Å². The van der Waals surface area contributed by atoms with Crippen LogP contribution in [0.5, 0.6) is 11.5 Å². The zero-order chi connectivity index (χ0) is 20.1. The quantitative estimate of drug-likeness (QED) is 0.619. The Bertz CT molecular complexity index is 1010. The van der Waals surface area contributed by atoms with Gasteiger partial charge in [-0.3, -0.25) is 4.79 Å². The molecule has 5 nitrogen and oxygen atoms in total. The second-order valence-electron chi connectivity index (χ2n) is 6.90. The minimum absolute atomic E-state index is 0.335. The van der Waals surface area contributed by atoms with E-state index in [1.54, 1.807) is 24.3 Å². The standard InChI is InChI=1S/C24H21NO4/c26-23(25-20-12-9-17-5-4-6-19(17)15-20)16-28-24(27)18-10-13-22(14-11-18)29-21-7-2-1-3-8-21/h1-3,7-15H,4-6,16H2,(H,25,26). The molecule has 1 aliphatic carbocycles. The molecule has 3 aromatic carbocycles. The number of carbonyl (C=O) groups is 2. The van der Waals surface area contributed by atoms with Gasteiger partial charge in [-0.2, -0.15) is 0 Å². The number of fused-ring (bicyclic) bond motifs is 1. The van der Waals surface area contributed by atoms with Crippen molar-refractivity contribution in [1.29, 1.82) is 0 Å². The molecule has 0 bridgehead atoms. The molecule has 0 radical (unpaired) electrons. The maximum atomic E-state index is 12.2. The molecule has 0 unspecified atom stereocenters. The van der Waals surface area contributed by atoms with Crippen molar-refractivity contribution >= 4 is 17.6 Å². The average molecular weight is 387 g/mol. The van der Waals surface area contributed by atoms with Gasteiger partial charge in [0.25, 0.3) is 5.91 Å². The summed E-state index contributed by atoms with van der Waals surface area (Å²) in [5.74, 6) is 0.411. The Hall–Kier alpha value is -3.60. The summed E-state index contributed by atoms with van der Waals surface area (Å²) in [5, 5.41) is 2.78. The fourth-order valence-corrected chi connectivity index (χ4v) is 3.34. The summed E-state index contributed by atoms with van der Waals surface area (Å²) in [6, 6.07) is 21.9. The number of carbonyl (C=O) groups excluding carboxylic acids is 2. The minimum Gasteiger partial charge on any atom is -0.457 e. The van der Waals surface area contributed by atoms with Crippen LogP contribution in [0.25, 0.3) is 0 Å². The van der Waals surface area contributed by atoms with Crippen LogP contribution < -0.4 is 10.1 Å². The molecule has 0 fully saturated rings. The van der Waals surface area contributed by atoms with E-state index >= 15 is 0 Å². The van der Waals surface area contributed by atoms with E-state index in [1.807, 2.05) is 48.5 Å². The highest BCUT2D eigenvalue weighted by Gasteiger charge is 2.13. The first-order valence-electron chi connectivity index (χ1n) is 9.59. The van der Waals surface area contributed by atoms with Gasteiger partial charge in [0.1, 0.15) is 11.5 Å². The van der Waals surface area contributed by atoms with Crippen molar-refractivity contribution in [3.63, 3.8) is 0 Å². The molecule has 0 aliphatic heterocycles. The van der Waals surface area contributed by atoms with Crippen molar-refractivity contribution in [2.75, 3.05) is 11.9 Å². The summed E-state index contributed by atoms with van der Waals surface area (Å²) in [7, 11) is 0. The highest BCUT2D eigenvalue weighted by atomic mass is 16.5. The second kappa shape index (κ2) is 8.61. The molecule has 0 saturated heterocycles. The van der Waals surface area contributed by atoms with E-state index in [9.17, 15) is 9.59 Å². The van der Waals surface area contributed by atoms with Crippen LogP contribution in [-0.2, 0) is 22.4 Å². The van der Waals surface area contributed by atoms with Crippen molar-refractivity contribution in [2.45, 2.75) is 19.3 Å². The monoisotopic (exact) mass is 387 g/mol. The fraction of sp³-hybridized carbons (Fsp3) is 0.167. The van der Waals surface area contributed by atoms with E-state index < -0.39 is 5.97 Å². The van der Waals surface area contributed by atoms with Crippen LogP contribution in [0.4, 0.5) is 5.69 Å². The Kier molecular flexibility index (Phi) is 5.56. The highest BCUT2D eigenvalue weighted by Crippen LogP contribution is 2.25. The van der Waals surface area contributed by atoms with Gasteiger partial charge in [-0.15, -0.1) is 0 Å². The Morgan fingerprint density at radius 2 is 1.55 bits per heavy atom. The van der Waals surface area contributed by atoms with Gasteiger partial charge in [-0.1, -0.05) is 24.3 Å². The average Bonchev–Trinajstić information content (AvgIpc) is 3.21. The van der Waals surface area contributed by atoms with Gasteiger partial charge in [0.2, 0.25) is 0 Å². The lowest BCUT2D eigenvalue weighted by Gasteiger charge is -2.09. The maximum absolute atomic E-state index is 12.2.